The van der Waals surface area contributed by atoms with Crippen molar-refractivity contribution in [2.75, 3.05) is 5.32 Å². The molecule has 0 aliphatic carbocycles. The molecule has 0 saturated carbocycles. The first-order chi connectivity index (χ1) is 15.9. The molecule has 6 nitrogen and oxygen atoms in total. The van der Waals surface area contributed by atoms with Gasteiger partial charge in [-0.15, -0.1) is 11.3 Å². The lowest BCUT2D eigenvalue weighted by Gasteiger charge is -2.14. The lowest BCUT2D eigenvalue weighted by molar-refractivity contribution is -0.115. The molecule has 168 valence electrons. The van der Waals surface area contributed by atoms with Gasteiger partial charge < -0.3 is 10.3 Å². The fraction of sp³-hybridized carbons (Fsp3) is 0.200. The summed E-state index contributed by atoms with van der Waals surface area (Å²) in [6.45, 7) is 5.41. The molecule has 0 aliphatic heterocycles. The molecule has 2 aromatic heterocycles. The summed E-state index contributed by atoms with van der Waals surface area (Å²) in [6, 6.07) is 14.9. The average molecular weight is 478 g/mol. The summed E-state index contributed by atoms with van der Waals surface area (Å²) in [5.41, 5.74) is 3.86. The Morgan fingerprint density at radius 2 is 1.94 bits per heavy atom. The number of benzene rings is 2. The fourth-order valence-electron chi connectivity index (χ4n) is 3.43. The van der Waals surface area contributed by atoms with Crippen LogP contribution >= 0.6 is 23.1 Å². The normalized spacial score (nSPS) is 12.0. The molecule has 1 amide bonds. The second-order valence-electron chi connectivity index (χ2n) is 7.71. The molecular weight excluding hydrogens is 454 g/mol. The van der Waals surface area contributed by atoms with E-state index in [0.29, 0.717) is 33.0 Å². The molecule has 2 N–H and O–H groups in total. The number of hydrogen-bond donors (Lipinski definition) is 2. The Morgan fingerprint density at radius 3 is 2.64 bits per heavy atom. The van der Waals surface area contributed by atoms with Crippen LogP contribution in [0.25, 0.3) is 21.3 Å². The molecule has 1 unspecified atom stereocenters. The van der Waals surface area contributed by atoms with E-state index in [2.05, 4.69) is 15.3 Å². The van der Waals surface area contributed by atoms with E-state index in [1.165, 1.54) is 30.0 Å². The van der Waals surface area contributed by atoms with Crippen molar-refractivity contribution in [3.05, 3.63) is 75.4 Å². The number of carbonyl (C=O) groups excluding carboxylic acids is 2. The third-order valence-electron chi connectivity index (χ3n) is 5.24. The van der Waals surface area contributed by atoms with Gasteiger partial charge in [-0.2, -0.15) is 0 Å². The number of nitrogens with one attached hydrogen (secondary N) is 2. The Hall–Kier alpha value is -3.23. The van der Waals surface area contributed by atoms with Gasteiger partial charge in [0.05, 0.1) is 10.6 Å². The average Bonchev–Trinajstić information content (AvgIpc) is 3.22. The molecular formula is C25H23N3O3S2. The fourth-order valence-corrected chi connectivity index (χ4v) is 5.33. The topological polar surface area (TPSA) is 91.9 Å². The van der Waals surface area contributed by atoms with Crippen LogP contribution in [0, 0.1) is 6.92 Å². The molecule has 0 spiro atoms. The number of aromatic amines is 1. The minimum Gasteiger partial charge on any atom is -0.325 e. The molecule has 2 heterocycles. The van der Waals surface area contributed by atoms with E-state index in [-0.39, 0.29) is 17.2 Å². The molecule has 0 bridgehead atoms. The Labute approximate surface area is 199 Å². The quantitative estimate of drug-likeness (QED) is 0.203. The third-order valence-corrected chi connectivity index (χ3v) is 7.36. The van der Waals surface area contributed by atoms with Crippen LogP contribution in [-0.4, -0.2) is 26.9 Å². The van der Waals surface area contributed by atoms with E-state index >= 15 is 0 Å². The van der Waals surface area contributed by atoms with Crippen LogP contribution in [-0.2, 0) is 4.79 Å². The first-order valence-electron chi connectivity index (χ1n) is 10.5. The number of aryl methyl sites for hydroxylation is 1. The Bertz CT molecular complexity index is 1390. The van der Waals surface area contributed by atoms with Gasteiger partial charge in [0.15, 0.2) is 10.9 Å². The van der Waals surface area contributed by atoms with Crippen molar-refractivity contribution in [1.29, 1.82) is 0 Å². The Morgan fingerprint density at radius 1 is 1.18 bits per heavy atom. The van der Waals surface area contributed by atoms with Crippen LogP contribution in [0.15, 0.2) is 63.9 Å². The highest BCUT2D eigenvalue weighted by Crippen LogP contribution is 2.32. The molecule has 0 aliphatic rings. The van der Waals surface area contributed by atoms with Gasteiger partial charge >= 0.3 is 0 Å². The summed E-state index contributed by atoms with van der Waals surface area (Å²) < 4.78 is 0. The van der Waals surface area contributed by atoms with Gasteiger partial charge in [-0.25, -0.2) is 4.98 Å². The van der Waals surface area contributed by atoms with E-state index in [9.17, 15) is 14.4 Å². The molecule has 33 heavy (non-hydrogen) atoms. The molecule has 0 fully saturated rings. The highest BCUT2D eigenvalue weighted by Gasteiger charge is 2.21. The first-order valence-corrected chi connectivity index (χ1v) is 12.3. The van der Waals surface area contributed by atoms with E-state index in [0.717, 1.165) is 16.7 Å². The van der Waals surface area contributed by atoms with Crippen LogP contribution in [0.4, 0.5) is 5.69 Å². The summed E-state index contributed by atoms with van der Waals surface area (Å²) in [4.78, 5) is 45.5. The summed E-state index contributed by atoms with van der Waals surface area (Å²) >= 11 is 2.64. The summed E-state index contributed by atoms with van der Waals surface area (Å²) in [7, 11) is 0. The highest BCUT2D eigenvalue weighted by molar-refractivity contribution is 8.00. The summed E-state index contributed by atoms with van der Waals surface area (Å²) in [6.07, 6.45) is 0.545. The molecule has 8 heteroatoms. The van der Waals surface area contributed by atoms with Gasteiger partial charge in [0, 0.05) is 22.2 Å². The number of amides is 1. The number of carbonyl (C=O) groups is 2. The third kappa shape index (κ3) is 5.07. The highest BCUT2D eigenvalue weighted by atomic mass is 32.2. The number of rotatable bonds is 7. The predicted molar refractivity (Wildman–Crippen MR) is 135 cm³/mol. The zero-order valence-corrected chi connectivity index (χ0v) is 20.1. The Balaban J connectivity index is 1.56. The van der Waals surface area contributed by atoms with Crippen molar-refractivity contribution < 1.29 is 9.59 Å². The van der Waals surface area contributed by atoms with Gasteiger partial charge in [-0.05, 0) is 38.0 Å². The van der Waals surface area contributed by atoms with Crippen molar-refractivity contribution in [2.24, 2.45) is 0 Å². The number of ketones is 1. The van der Waals surface area contributed by atoms with Crippen molar-refractivity contribution in [3.8, 4) is 11.1 Å². The van der Waals surface area contributed by atoms with Gasteiger partial charge in [-0.3, -0.25) is 14.4 Å². The van der Waals surface area contributed by atoms with Crippen molar-refractivity contribution in [2.45, 2.75) is 37.6 Å². The maximum Gasteiger partial charge on any atom is 0.260 e. The zero-order chi connectivity index (χ0) is 23.5. The monoisotopic (exact) mass is 477 g/mol. The molecule has 0 saturated heterocycles. The standard InChI is InChI=1S/C25H23N3O3S2/c1-4-20(22(30)26-18-7-5-6-17(12-18)15(3)29)33-25-27-23(31)21-19(13-32-24(21)28-25)16-10-8-14(2)9-11-16/h5-13,20H,4H2,1-3H3,(H,26,30)(H,27,28,31). The molecule has 1 atom stereocenters. The van der Waals surface area contributed by atoms with Crippen LogP contribution in [0.3, 0.4) is 0 Å². The molecule has 4 aromatic rings. The number of hydrogen-bond acceptors (Lipinski definition) is 6. The SMILES string of the molecule is CCC(Sc1nc2scc(-c3ccc(C)cc3)c2c(=O)[nH]1)C(=O)Nc1cccc(C(C)=O)c1. The van der Waals surface area contributed by atoms with Gasteiger partial charge in [0.1, 0.15) is 4.83 Å². The van der Waals surface area contributed by atoms with Gasteiger partial charge in [0.2, 0.25) is 5.91 Å². The number of anilines is 1. The molecule has 0 radical (unpaired) electrons. The minimum absolute atomic E-state index is 0.0662. The number of thiophene rings is 1. The molecule has 2 aromatic carbocycles. The number of H-pyrrole nitrogens is 1. The smallest absolute Gasteiger partial charge is 0.260 e. The lowest BCUT2D eigenvalue weighted by Crippen LogP contribution is -2.25. The maximum absolute atomic E-state index is 12.9. The van der Waals surface area contributed by atoms with Crippen molar-refractivity contribution in [1.82, 2.24) is 9.97 Å². The second-order valence-corrected chi connectivity index (χ2v) is 9.76. The van der Waals surface area contributed by atoms with Crippen molar-refractivity contribution >= 4 is 50.7 Å². The number of fused-ring (bicyclic) bond motifs is 1. The summed E-state index contributed by atoms with van der Waals surface area (Å²) in [5.74, 6) is -0.277. The van der Waals surface area contributed by atoms with Crippen LogP contribution < -0.4 is 10.9 Å². The molecule has 4 rings (SSSR count). The lowest BCUT2D eigenvalue weighted by atomic mass is 10.1. The minimum atomic E-state index is -0.455. The van der Waals surface area contributed by atoms with Crippen LogP contribution in [0.5, 0.6) is 0 Å². The van der Waals surface area contributed by atoms with E-state index in [1.807, 2.05) is 43.5 Å². The maximum atomic E-state index is 12.9. The van der Waals surface area contributed by atoms with Gasteiger partial charge in [-0.1, -0.05) is 60.6 Å². The number of Topliss-reactive ketones (excluding diaryl/α,β-unsaturated/α-hetero) is 1. The zero-order valence-electron chi connectivity index (χ0n) is 18.5. The number of aromatic nitrogens is 2. The second kappa shape index (κ2) is 9.72. The van der Waals surface area contributed by atoms with Crippen molar-refractivity contribution in [3.63, 3.8) is 0 Å². The number of thioether (sulfide) groups is 1. The van der Waals surface area contributed by atoms with Crippen LogP contribution in [0.1, 0.15) is 36.2 Å². The van der Waals surface area contributed by atoms with E-state index < -0.39 is 5.25 Å². The largest absolute Gasteiger partial charge is 0.325 e. The van der Waals surface area contributed by atoms with Crippen LogP contribution in [0.2, 0.25) is 0 Å². The van der Waals surface area contributed by atoms with Gasteiger partial charge in [0.25, 0.3) is 5.56 Å². The number of nitrogens with zero attached hydrogens (tertiary/aromatic N) is 1. The van der Waals surface area contributed by atoms with E-state index in [4.69, 9.17) is 0 Å². The van der Waals surface area contributed by atoms with E-state index in [1.54, 1.807) is 24.3 Å². The predicted octanol–water partition coefficient (Wildman–Crippen LogP) is 5.67. The summed E-state index contributed by atoms with van der Waals surface area (Å²) in [5, 5.41) is 5.32. The first kappa shape index (κ1) is 22.9. The Kier molecular flexibility index (Phi) is 6.76.